The number of ketones is 2. The van der Waals surface area contributed by atoms with Gasteiger partial charge in [0.15, 0.2) is 11.6 Å². The summed E-state index contributed by atoms with van der Waals surface area (Å²) in [6.45, 7) is 11.7. The molecule has 4 aromatic carbocycles. The van der Waals surface area contributed by atoms with Crippen LogP contribution in [0.4, 0.5) is 0 Å². The number of amides is 5. The molecule has 0 bridgehead atoms. The monoisotopic (exact) mass is 1130 g/mol. The highest BCUT2D eigenvalue weighted by atomic mass is 16.5. The number of fused-ring (bicyclic) bond motifs is 2. The van der Waals surface area contributed by atoms with Crippen molar-refractivity contribution in [2.45, 2.75) is 123 Å². The third kappa shape index (κ3) is 21.6. The Morgan fingerprint density at radius 1 is 0.902 bits per heavy atom. The quantitative estimate of drug-likeness (QED) is 0.0364. The molecule has 2 aliphatic rings. The molecule has 1 fully saturated rings. The zero-order chi connectivity index (χ0) is 59.4. The summed E-state index contributed by atoms with van der Waals surface area (Å²) >= 11 is 0. The van der Waals surface area contributed by atoms with E-state index in [1.54, 1.807) is 53.4 Å². The summed E-state index contributed by atoms with van der Waals surface area (Å²) in [5.41, 5.74) is 8.99. The first-order valence-corrected chi connectivity index (χ1v) is 28.7. The maximum absolute atomic E-state index is 13.8. The maximum Gasteiger partial charge on any atom is 0.240 e. The van der Waals surface area contributed by atoms with Crippen molar-refractivity contribution in [3.63, 3.8) is 0 Å². The maximum atomic E-state index is 13.8. The van der Waals surface area contributed by atoms with Crippen LogP contribution in [0.1, 0.15) is 108 Å². The number of carbonyl (C=O) groups excluding carboxylic acids is 7. The number of nitrogens with zero attached hydrogens (tertiary/aromatic N) is 1. The second kappa shape index (κ2) is 34.5. The van der Waals surface area contributed by atoms with Gasteiger partial charge in [0, 0.05) is 75.5 Å². The second-order valence-corrected chi connectivity index (χ2v) is 21.1. The summed E-state index contributed by atoms with van der Waals surface area (Å²) in [7, 11) is 0. The average Bonchev–Trinajstić information content (AvgIpc) is 4.17. The molecule has 0 spiro atoms. The molecule has 0 aromatic heterocycles. The van der Waals surface area contributed by atoms with Gasteiger partial charge in [0.1, 0.15) is 36.2 Å². The van der Waals surface area contributed by atoms with E-state index in [9.17, 15) is 43.8 Å². The van der Waals surface area contributed by atoms with Crippen LogP contribution in [-0.4, -0.2) is 126 Å². The van der Waals surface area contributed by atoms with Crippen LogP contribution in [0.2, 0.25) is 0 Å². The smallest absolute Gasteiger partial charge is 0.240 e. The Bertz CT molecular complexity index is 2770. The lowest BCUT2D eigenvalue weighted by molar-refractivity contribution is -0.140. The number of para-hydroxylation sites is 2. The van der Waals surface area contributed by atoms with Gasteiger partial charge in [-0.05, 0) is 92.0 Å². The molecule has 4 aromatic rings. The highest BCUT2D eigenvalue weighted by Gasteiger charge is 2.38. The molecule has 6 atom stereocenters. The van der Waals surface area contributed by atoms with Crippen LogP contribution in [0.25, 0.3) is 12.2 Å². The van der Waals surface area contributed by atoms with Crippen LogP contribution < -0.4 is 41.8 Å². The first-order chi connectivity index (χ1) is 39.5. The highest BCUT2D eigenvalue weighted by Crippen LogP contribution is 2.26. The predicted octanol–water partition coefficient (Wildman–Crippen LogP) is 6.60. The van der Waals surface area contributed by atoms with Crippen LogP contribution in [0.3, 0.4) is 0 Å². The van der Waals surface area contributed by atoms with E-state index in [2.05, 4.69) is 26.6 Å². The normalized spacial score (nSPS) is 18.4. The Kier molecular flexibility index (Phi) is 27.3. The van der Waals surface area contributed by atoms with Gasteiger partial charge < -0.3 is 56.9 Å². The molecule has 5 amide bonds. The van der Waals surface area contributed by atoms with Crippen LogP contribution in [0, 0.1) is 17.8 Å². The zero-order valence-electron chi connectivity index (χ0n) is 48.2. The van der Waals surface area contributed by atoms with Gasteiger partial charge >= 0.3 is 0 Å². The van der Waals surface area contributed by atoms with Gasteiger partial charge in [-0.2, -0.15) is 0 Å². The van der Waals surface area contributed by atoms with E-state index in [1.165, 1.54) is 6.92 Å². The number of phenolic OH excluding ortho intramolecular Hbond substituents is 2. The predicted molar refractivity (Wildman–Crippen MR) is 318 cm³/mol. The van der Waals surface area contributed by atoms with E-state index < -0.39 is 41.9 Å². The number of phenols is 2. The van der Waals surface area contributed by atoms with E-state index in [0.29, 0.717) is 77.2 Å². The van der Waals surface area contributed by atoms with E-state index in [1.807, 2.05) is 101 Å². The molecule has 82 heavy (non-hydrogen) atoms. The lowest BCUT2D eigenvalue weighted by Gasteiger charge is -2.29. The van der Waals surface area contributed by atoms with Gasteiger partial charge in [-0.3, -0.25) is 33.6 Å². The fourth-order valence-electron chi connectivity index (χ4n) is 9.96. The number of aromatic hydroxyl groups is 2. The lowest BCUT2D eigenvalue weighted by Crippen LogP contribution is -2.53. The number of benzene rings is 4. The molecular weight excluding hydrogens is 1040 g/mol. The number of nitrogens with one attached hydrogen (secondary N) is 5. The Labute approximate surface area is 483 Å². The molecule has 18 nitrogen and oxygen atoms in total. The second-order valence-electron chi connectivity index (χ2n) is 21.1. The van der Waals surface area contributed by atoms with Gasteiger partial charge in [0.2, 0.25) is 29.5 Å². The number of ether oxygens (including phenoxy) is 2. The third-order valence-electron chi connectivity index (χ3n) is 14.3. The number of rotatable bonds is 23. The van der Waals surface area contributed by atoms with Gasteiger partial charge in [0.25, 0.3) is 0 Å². The van der Waals surface area contributed by atoms with Crippen LogP contribution in [0.5, 0.6) is 23.0 Å². The Balaban J connectivity index is 0.000000302. The largest absolute Gasteiger partial charge is 0.508 e. The zero-order valence-corrected chi connectivity index (χ0v) is 48.2. The molecule has 0 saturated carbocycles. The SMILES string of the molecule is CCC[C@@H]1CC(=O)[C@H]2CCCN2C(=O)[C@@H](Cc2ccc(O)cc2)NCCOc2ccccc2/C=C/CNC1=O.CCC[C@H](CC(=O)[C@H](NC(=O)[C@@H](Cc1ccc(O)cc1)NCCOc1ccccc1/C=C/CNC(C)=O)C(C)C)C(N)=O. The van der Waals surface area contributed by atoms with Crippen molar-refractivity contribution in [2.75, 3.05) is 45.9 Å². The Morgan fingerprint density at radius 3 is 2.28 bits per heavy atom. The minimum Gasteiger partial charge on any atom is -0.508 e. The molecule has 2 aliphatic heterocycles. The molecule has 1 saturated heterocycles. The van der Waals surface area contributed by atoms with Crippen molar-refractivity contribution < 1.29 is 53.2 Å². The van der Waals surface area contributed by atoms with E-state index in [-0.39, 0.29) is 72.1 Å². The molecule has 18 heteroatoms. The molecule has 0 aliphatic carbocycles. The van der Waals surface area contributed by atoms with Crippen molar-refractivity contribution in [2.24, 2.45) is 23.5 Å². The summed E-state index contributed by atoms with van der Waals surface area (Å²) < 4.78 is 12.0. The number of hydrogen-bond donors (Lipinski definition) is 8. The molecule has 9 N–H and O–H groups in total. The standard InChI is InChI=1S/C33H46N4O6.C31H39N3O5/c1-5-9-26(32(34)41)21-29(40)31(22(2)3)37-33(42)28(20-24-13-15-27(39)16-14-24)36-18-19-43-30-12-7-6-10-25(30)11-8-17-35-23(4)38;1-2-7-24-21-28(36)27-10-6-18-34(27)31(38)26(20-22-12-14-25(35)15-13-22)32-17-19-39-29-11-4-3-8-23(29)9-5-16-33-30(24)37/h6-8,10-16,22,26,28,31,36,39H,5,9,17-21H2,1-4H3,(H2,34,41)(H,35,38)(H,37,42);3-5,8-9,11-15,24,26-27,32,35H,2,6-7,10,16-21H2,1H3,(H,33,37)/b11-8+;9-5+/t26-,28-,31-;24-,26-,27-/m11/s1. The minimum atomic E-state index is -0.775. The van der Waals surface area contributed by atoms with Crippen molar-refractivity contribution in [3.8, 4) is 23.0 Å². The Hall–Kier alpha value is -7.83. The summed E-state index contributed by atoms with van der Waals surface area (Å²) in [6.07, 6.45) is 12.3. The average molecular weight is 1130 g/mol. The number of carbonyl (C=O) groups is 7. The topological polar surface area (TPSA) is 268 Å². The van der Waals surface area contributed by atoms with Crippen molar-refractivity contribution in [3.05, 3.63) is 131 Å². The Morgan fingerprint density at radius 2 is 1.60 bits per heavy atom. The fraction of sp³-hybridized carbons (Fsp3) is 0.453. The van der Waals surface area contributed by atoms with E-state index in [0.717, 1.165) is 47.3 Å². The highest BCUT2D eigenvalue weighted by molar-refractivity contribution is 5.95. The number of nitrogens with two attached hydrogens (primary N) is 1. The van der Waals surface area contributed by atoms with Crippen LogP contribution >= 0.6 is 0 Å². The van der Waals surface area contributed by atoms with Crippen molar-refractivity contribution in [1.29, 1.82) is 0 Å². The third-order valence-corrected chi connectivity index (χ3v) is 14.3. The van der Waals surface area contributed by atoms with E-state index in [4.69, 9.17) is 15.2 Å². The van der Waals surface area contributed by atoms with Gasteiger partial charge in [-0.25, -0.2) is 0 Å². The summed E-state index contributed by atoms with van der Waals surface area (Å²) in [4.78, 5) is 91.7. The fourth-order valence-corrected chi connectivity index (χ4v) is 9.96. The van der Waals surface area contributed by atoms with Crippen LogP contribution in [-0.2, 0) is 46.4 Å². The summed E-state index contributed by atoms with van der Waals surface area (Å²) in [6, 6.07) is 26.0. The molecule has 0 radical (unpaired) electrons. The summed E-state index contributed by atoms with van der Waals surface area (Å²) in [5, 5.41) is 34.5. The minimum absolute atomic E-state index is 0.0190. The molecular formula is C64H85N7O11. The molecule has 6 rings (SSSR count). The number of primary amides is 1. The number of Topliss-reactive ketones (excluding diaryl/α,β-unsaturated/α-hetero) is 2. The lowest BCUT2D eigenvalue weighted by atomic mass is 9.89. The van der Waals surface area contributed by atoms with Crippen molar-refractivity contribution in [1.82, 2.24) is 31.5 Å². The molecule has 442 valence electrons. The number of hydrogen-bond acceptors (Lipinski definition) is 13. The van der Waals surface area contributed by atoms with Gasteiger partial charge in [0.05, 0.1) is 24.2 Å². The first-order valence-electron chi connectivity index (χ1n) is 28.7. The van der Waals surface area contributed by atoms with E-state index >= 15 is 0 Å². The summed E-state index contributed by atoms with van der Waals surface area (Å²) in [5.74, 6) is -1.03. The van der Waals surface area contributed by atoms with Gasteiger partial charge in [-0.1, -0.05) is 126 Å². The molecule has 0 unspecified atom stereocenters. The molecule has 2 heterocycles. The van der Waals surface area contributed by atoms with Crippen molar-refractivity contribution >= 4 is 53.3 Å². The van der Waals surface area contributed by atoms with Gasteiger partial charge in [-0.15, -0.1) is 0 Å². The van der Waals surface area contributed by atoms with Crippen LogP contribution in [0.15, 0.2) is 109 Å². The first kappa shape index (κ1) is 65.0.